The molecular weight excluding hydrogens is 326 g/mol. The zero-order valence-electron chi connectivity index (χ0n) is 13.4. The second-order valence-electron chi connectivity index (χ2n) is 6.12. The SMILES string of the molecule is O=C(CCS(=O)(=O)C1CCCC1)Nc1ccc(-c2ccn[nH]2)cc1. The molecule has 0 radical (unpaired) electrons. The van der Waals surface area contributed by atoms with Crippen molar-refractivity contribution < 1.29 is 13.2 Å². The van der Waals surface area contributed by atoms with Gasteiger partial charge in [0.25, 0.3) is 0 Å². The molecule has 1 aromatic carbocycles. The van der Waals surface area contributed by atoms with Gasteiger partial charge in [0.1, 0.15) is 0 Å². The fraction of sp³-hybridized carbons (Fsp3) is 0.412. The van der Waals surface area contributed by atoms with Gasteiger partial charge in [-0.3, -0.25) is 9.89 Å². The quantitative estimate of drug-likeness (QED) is 0.840. The van der Waals surface area contributed by atoms with Crippen LogP contribution in [0.2, 0.25) is 0 Å². The molecule has 1 fully saturated rings. The Morgan fingerprint density at radius 1 is 1.17 bits per heavy atom. The third-order valence-electron chi connectivity index (χ3n) is 4.40. The Bertz CT molecular complexity index is 777. The van der Waals surface area contributed by atoms with Gasteiger partial charge < -0.3 is 5.32 Å². The summed E-state index contributed by atoms with van der Waals surface area (Å²) in [5, 5.41) is 9.27. The molecule has 7 heteroatoms. The number of nitrogens with one attached hydrogen (secondary N) is 2. The lowest BCUT2D eigenvalue weighted by Crippen LogP contribution is -2.24. The summed E-state index contributed by atoms with van der Waals surface area (Å²) < 4.78 is 24.4. The Morgan fingerprint density at radius 3 is 2.50 bits per heavy atom. The van der Waals surface area contributed by atoms with Crippen molar-refractivity contribution in [3.63, 3.8) is 0 Å². The highest BCUT2D eigenvalue weighted by molar-refractivity contribution is 7.92. The zero-order valence-corrected chi connectivity index (χ0v) is 14.2. The highest BCUT2D eigenvalue weighted by Gasteiger charge is 2.28. The Labute approximate surface area is 141 Å². The van der Waals surface area contributed by atoms with E-state index in [4.69, 9.17) is 0 Å². The topological polar surface area (TPSA) is 91.9 Å². The van der Waals surface area contributed by atoms with Crippen molar-refractivity contribution in [2.75, 3.05) is 11.1 Å². The summed E-state index contributed by atoms with van der Waals surface area (Å²) in [5.74, 6) is -0.346. The van der Waals surface area contributed by atoms with Gasteiger partial charge in [0.05, 0.1) is 16.7 Å². The van der Waals surface area contributed by atoms with Crippen LogP contribution in [0.25, 0.3) is 11.3 Å². The number of H-pyrrole nitrogens is 1. The van der Waals surface area contributed by atoms with Gasteiger partial charge in [0, 0.05) is 18.3 Å². The van der Waals surface area contributed by atoms with Crippen molar-refractivity contribution in [1.82, 2.24) is 10.2 Å². The summed E-state index contributed by atoms with van der Waals surface area (Å²) in [6.45, 7) is 0. The van der Waals surface area contributed by atoms with Crippen LogP contribution in [-0.2, 0) is 14.6 Å². The van der Waals surface area contributed by atoms with Crippen molar-refractivity contribution in [3.05, 3.63) is 36.5 Å². The van der Waals surface area contributed by atoms with Crippen molar-refractivity contribution in [1.29, 1.82) is 0 Å². The lowest BCUT2D eigenvalue weighted by Gasteiger charge is -2.11. The number of aromatic nitrogens is 2. The van der Waals surface area contributed by atoms with Crippen molar-refractivity contribution in [3.8, 4) is 11.3 Å². The molecular formula is C17H21N3O3S. The van der Waals surface area contributed by atoms with E-state index in [0.717, 1.165) is 36.9 Å². The van der Waals surface area contributed by atoms with Crippen LogP contribution in [0.3, 0.4) is 0 Å². The van der Waals surface area contributed by atoms with Gasteiger partial charge in [-0.05, 0) is 36.6 Å². The van der Waals surface area contributed by atoms with E-state index in [1.165, 1.54) is 0 Å². The molecule has 1 aromatic heterocycles. The summed E-state index contributed by atoms with van der Waals surface area (Å²) in [5.41, 5.74) is 2.52. The second kappa shape index (κ2) is 7.17. The highest BCUT2D eigenvalue weighted by Crippen LogP contribution is 2.25. The molecule has 128 valence electrons. The average Bonchev–Trinajstić information content (AvgIpc) is 3.27. The van der Waals surface area contributed by atoms with Gasteiger partial charge in [-0.15, -0.1) is 0 Å². The number of carbonyl (C=O) groups excluding carboxylic acids is 1. The van der Waals surface area contributed by atoms with Crippen LogP contribution in [0, 0.1) is 0 Å². The molecule has 0 spiro atoms. The van der Waals surface area contributed by atoms with Crippen LogP contribution >= 0.6 is 0 Å². The Hall–Kier alpha value is -2.15. The first-order valence-electron chi connectivity index (χ1n) is 8.16. The maximum Gasteiger partial charge on any atom is 0.225 e. The number of carbonyl (C=O) groups is 1. The van der Waals surface area contributed by atoms with Crippen LogP contribution in [-0.4, -0.2) is 35.5 Å². The fourth-order valence-corrected chi connectivity index (χ4v) is 4.88. The minimum atomic E-state index is -3.16. The smallest absolute Gasteiger partial charge is 0.225 e. The van der Waals surface area contributed by atoms with Gasteiger partial charge in [-0.1, -0.05) is 25.0 Å². The normalized spacial score (nSPS) is 15.5. The molecule has 1 aliphatic rings. The number of anilines is 1. The molecule has 2 N–H and O–H groups in total. The lowest BCUT2D eigenvalue weighted by molar-refractivity contribution is -0.115. The van der Waals surface area contributed by atoms with Crippen LogP contribution in [0.4, 0.5) is 5.69 Å². The summed E-state index contributed by atoms with van der Waals surface area (Å²) in [6.07, 6.45) is 5.09. The number of aromatic amines is 1. The Balaban J connectivity index is 1.53. The molecule has 6 nitrogen and oxygen atoms in total. The average molecular weight is 347 g/mol. The number of hydrogen-bond donors (Lipinski definition) is 2. The monoisotopic (exact) mass is 347 g/mol. The summed E-state index contributed by atoms with van der Waals surface area (Å²) >= 11 is 0. The van der Waals surface area contributed by atoms with Crippen molar-refractivity contribution >= 4 is 21.4 Å². The zero-order chi connectivity index (χ0) is 17.0. The molecule has 1 saturated carbocycles. The molecule has 3 rings (SSSR count). The second-order valence-corrected chi connectivity index (χ2v) is 8.52. The first-order chi connectivity index (χ1) is 11.5. The van der Waals surface area contributed by atoms with E-state index < -0.39 is 9.84 Å². The predicted molar refractivity (Wildman–Crippen MR) is 93.3 cm³/mol. The molecule has 2 aromatic rings. The van der Waals surface area contributed by atoms with Gasteiger partial charge in [-0.25, -0.2) is 8.42 Å². The Morgan fingerprint density at radius 2 is 1.88 bits per heavy atom. The standard InChI is InChI=1S/C17H21N3O3S/c21-17(10-12-24(22,23)15-3-1-2-4-15)19-14-7-5-13(6-8-14)16-9-11-18-20-16/h5-9,11,15H,1-4,10,12H2,(H,18,20)(H,19,21). The van der Waals surface area contributed by atoms with Crippen LogP contribution in [0.15, 0.2) is 36.5 Å². The van der Waals surface area contributed by atoms with Gasteiger partial charge >= 0.3 is 0 Å². The number of nitrogens with zero attached hydrogens (tertiary/aromatic N) is 1. The van der Waals surface area contributed by atoms with Crippen LogP contribution < -0.4 is 5.32 Å². The van der Waals surface area contributed by atoms with E-state index in [-0.39, 0.29) is 23.3 Å². The number of benzene rings is 1. The molecule has 24 heavy (non-hydrogen) atoms. The molecule has 0 unspecified atom stereocenters. The number of hydrogen-bond acceptors (Lipinski definition) is 4. The minimum absolute atomic E-state index is 0.00112. The summed E-state index contributed by atoms with van der Waals surface area (Å²) in [4.78, 5) is 12.0. The lowest BCUT2D eigenvalue weighted by atomic mass is 10.1. The molecule has 0 aliphatic heterocycles. The van der Waals surface area contributed by atoms with E-state index in [2.05, 4.69) is 15.5 Å². The van der Waals surface area contributed by atoms with E-state index >= 15 is 0 Å². The molecule has 1 amide bonds. The van der Waals surface area contributed by atoms with Crippen LogP contribution in [0.5, 0.6) is 0 Å². The first kappa shape index (κ1) is 16.7. The van der Waals surface area contributed by atoms with Crippen molar-refractivity contribution in [2.24, 2.45) is 0 Å². The van der Waals surface area contributed by atoms with Crippen molar-refractivity contribution in [2.45, 2.75) is 37.4 Å². The van der Waals surface area contributed by atoms with Crippen LogP contribution in [0.1, 0.15) is 32.1 Å². The molecule has 0 saturated heterocycles. The van der Waals surface area contributed by atoms with Gasteiger partial charge in [0.15, 0.2) is 9.84 Å². The molecule has 1 heterocycles. The molecule has 1 aliphatic carbocycles. The summed E-state index contributed by atoms with van der Waals surface area (Å²) in [6, 6.07) is 9.19. The Kier molecular flexibility index (Phi) is 4.99. The third kappa shape index (κ3) is 4.03. The maximum absolute atomic E-state index is 12.2. The number of rotatable bonds is 6. The largest absolute Gasteiger partial charge is 0.326 e. The summed E-state index contributed by atoms with van der Waals surface area (Å²) in [7, 11) is -3.16. The van der Waals surface area contributed by atoms with E-state index in [1.807, 2.05) is 18.2 Å². The van der Waals surface area contributed by atoms with Gasteiger partial charge in [0.2, 0.25) is 5.91 Å². The third-order valence-corrected chi connectivity index (χ3v) is 6.66. The highest BCUT2D eigenvalue weighted by atomic mass is 32.2. The first-order valence-corrected chi connectivity index (χ1v) is 9.87. The van der Waals surface area contributed by atoms with E-state index in [0.29, 0.717) is 5.69 Å². The minimum Gasteiger partial charge on any atom is -0.326 e. The van der Waals surface area contributed by atoms with E-state index in [9.17, 15) is 13.2 Å². The number of amides is 1. The van der Waals surface area contributed by atoms with Gasteiger partial charge in [-0.2, -0.15) is 5.10 Å². The van der Waals surface area contributed by atoms with E-state index in [1.54, 1.807) is 18.3 Å². The maximum atomic E-state index is 12.2. The fourth-order valence-electron chi connectivity index (χ4n) is 3.02. The molecule has 0 atom stereocenters. The number of sulfone groups is 1. The molecule has 0 bridgehead atoms. The predicted octanol–water partition coefficient (Wildman–Crippen LogP) is 2.76.